The highest BCUT2D eigenvalue weighted by Gasteiger charge is 2.30. The molecule has 0 radical (unpaired) electrons. The van der Waals surface area contributed by atoms with Crippen LogP contribution in [0.4, 0.5) is 0 Å². The Hall–Kier alpha value is -1.07. The van der Waals surface area contributed by atoms with E-state index in [4.69, 9.17) is 11.6 Å². The van der Waals surface area contributed by atoms with Gasteiger partial charge in [-0.25, -0.2) is 8.42 Å². The molecule has 1 rings (SSSR count). The molecule has 0 fully saturated rings. The van der Waals surface area contributed by atoms with E-state index < -0.39 is 21.0 Å². The van der Waals surface area contributed by atoms with Gasteiger partial charge in [-0.15, -0.1) is 0 Å². The molecule has 0 aromatic heterocycles. The molecule has 0 aliphatic rings. The van der Waals surface area contributed by atoms with E-state index in [0.717, 1.165) is 0 Å². The van der Waals surface area contributed by atoms with Crippen LogP contribution in [-0.4, -0.2) is 25.6 Å². The van der Waals surface area contributed by atoms with Gasteiger partial charge in [0, 0.05) is 11.1 Å². The minimum atomic E-state index is -3.70. The number of nitrogens with one attached hydrogen (secondary N) is 1. The fourth-order valence-corrected chi connectivity index (χ4v) is 2.96. The zero-order chi connectivity index (χ0) is 13.9. The summed E-state index contributed by atoms with van der Waals surface area (Å²) in [5.74, 6) is -0.509. The SMILES string of the molecule is CC(C)NC(=O)[C@H](C)S(=O)(=O)c1cccc(Cl)c1. The van der Waals surface area contributed by atoms with Crippen molar-refractivity contribution in [1.29, 1.82) is 0 Å². The molecule has 1 aromatic carbocycles. The molecule has 6 heteroatoms. The third-order valence-corrected chi connectivity index (χ3v) is 4.68. The number of carbonyl (C=O) groups excluding carboxylic acids is 1. The zero-order valence-electron chi connectivity index (χ0n) is 10.5. The number of amides is 1. The van der Waals surface area contributed by atoms with Crippen LogP contribution in [0, 0.1) is 0 Å². The first-order valence-electron chi connectivity index (χ1n) is 5.55. The van der Waals surface area contributed by atoms with Crippen molar-refractivity contribution in [3.8, 4) is 0 Å². The van der Waals surface area contributed by atoms with Gasteiger partial charge in [0.1, 0.15) is 5.25 Å². The molecule has 1 aromatic rings. The van der Waals surface area contributed by atoms with Crippen LogP contribution in [0.15, 0.2) is 29.2 Å². The molecular formula is C12H16ClNO3S. The van der Waals surface area contributed by atoms with E-state index in [1.54, 1.807) is 26.0 Å². The van der Waals surface area contributed by atoms with Crippen LogP contribution in [0.1, 0.15) is 20.8 Å². The average Bonchev–Trinajstić information content (AvgIpc) is 2.27. The van der Waals surface area contributed by atoms with E-state index in [9.17, 15) is 13.2 Å². The lowest BCUT2D eigenvalue weighted by Gasteiger charge is -2.15. The highest BCUT2D eigenvalue weighted by molar-refractivity contribution is 7.92. The second-order valence-electron chi connectivity index (χ2n) is 4.31. The maximum absolute atomic E-state index is 12.2. The van der Waals surface area contributed by atoms with Crippen molar-refractivity contribution in [2.24, 2.45) is 0 Å². The molecule has 4 nitrogen and oxygen atoms in total. The normalized spacial score (nSPS) is 13.4. The quantitative estimate of drug-likeness (QED) is 0.922. The first-order valence-corrected chi connectivity index (χ1v) is 7.47. The Morgan fingerprint density at radius 3 is 2.39 bits per heavy atom. The summed E-state index contributed by atoms with van der Waals surface area (Å²) in [5, 5.41) is 1.77. The van der Waals surface area contributed by atoms with Gasteiger partial charge >= 0.3 is 0 Å². The molecule has 1 N–H and O–H groups in total. The fourth-order valence-electron chi connectivity index (χ4n) is 1.39. The van der Waals surface area contributed by atoms with Gasteiger partial charge in [0.05, 0.1) is 4.90 Å². The van der Waals surface area contributed by atoms with Gasteiger partial charge in [0.15, 0.2) is 9.84 Å². The van der Waals surface area contributed by atoms with Gasteiger partial charge in [0.2, 0.25) is 5.91 Å². The molecule has 1 atom stereocenters. The summed E-state index contributed by atoms with van der Waals surface area (Å²) >= 11 is 5.75. The molecular weight excluding hydrogens is 274 g/mol. The second-order valence-corrected chi connectivity index (χ2v) is 7.01. The molecule has 0 bridgehead atoms. The summed E-state index contributed by atoms with van der Waals surface area (Å²) < 4.78 is 24.4. The fraction of sp³-hybridized carbons (Fsp3) is 0.417. The summed E-state index contributed by atoms with van der Waals surface area (Å²) in [4.78, 5) is 11.8. The van der Waals surface area contributed by atoms with Crippen molar-refractivity contribution in [1.82, 2.24) is 5.32 Å². The molecule has 0 aliphatic carbocycles. The Balaban J connectivity index is 3.04. The third-order valence-electron chi connectivity index (χ3n) is 2.39. The summed E-state index contributed by atoms with van der Waals surface area (Å²) in [6.07, 6.45) is 0. The molecule has 0 aliphatic heterocycles. The van der Waals surface area contributed by atoms with E-state index in [0.29, 0.717) is 5.02 Å². The number of rotatable bonds is 4. The van der Waals surface area contributed by atoms with E-state index in [-0.39, 0.29) is 10.9 Å². The molecule has 0 saturated carbocycles. The first-order chi connectivity index (χ1) is 8.25. The van der Waals surface area contributed by atoms with Crippen LogP contribution in [0.25, 0.3) is 0 Å². The lowest BCUT2D eigenvalue weighted by Crippen LogP contribution is -2.41. The Bertz CT molecular complexity index is 540. The van der Waals surface area contributed by atoms with E-state index >= 15 is 0 Å². The van der Waals surface area contributed by atoms with Gasteiger partial charge in [0.25, 0.3) is 0 Å². The summed E-state index contributed by atoms with van der Waals surface area (Å²) in [6, 6.07) is 5.80. The van der Waals surface area contributed by atoms with E-state index in [2.05, 4.69) is 5.32 Å². The van der Waals surface area contributed by atoms with Gasteiger partial charge in [-0.05, 0) is 39.0 Å². The Labute approximate surface area is 112 Å². The monoisotopic (exact) mass is 289 g/mol. The maximum Gasteiger partial charge on any atom is 0.238 e. The van der Waals surface area contributed by atoms with Crippen molar-refractivity contribution in [2.45, 2.75) is 37.0 Å². The Morgan fingerprint density at radius 1 is 1.28 bits per heavy atom. The Morgan fingerprint density at radius 2 is 1.89 bits per heavy atom. The number of hydrogen-bond donors (Lipinski definition) is 1. The minimum Gasteiger partial charge on any atom is -0.353 e. The first kappa shape index (κ1) is 15.0. The lowest BCUT2D eigenvalue weighted by atomic mass is 10.3. The molecule has 100 valence electrons. The molecule has 0 heterocycles. The highest BCUT2D eigenvalue weighted by atomic mass is 35.5. The second kappa shape index (κ2) is 5.71. The van der Waals surface area contributed by atoms with Crippen molar-refractivity contribution in [3.63, 3.8) is 0 Å². The number of sulfone groups is 1. The van der Waals surface area contributed by atoms with Crippen molar-refractivity contribution in [3.05, 3.63) is 29.3 Å². The van der Waals surface area contributed by atoms with E-state index in [1.807, 2.05) is 0 Å². The maximum atomic E-state index is 12.2. The van der Waals surface area contributed by atoms with Crippen LogP contribution in [0.5, 0.6) is 0 Å². The molecule has 0 unspecified atom stereocenters. The van der Waals surface area contributed by atoms with Gasteiger partial charge in [-0.1, -0.05) is 17.7 Å². The predicted molar refractivity (Wildman–Crippen MR) is 71.4 cm³/mol. The van der Waals surface area contributed by atoms with Crippen LogP contribution < -0.4 is 5.32 Å². The van der Waals surface area contributed by atoms with Crippen molar-refractivity contribution < 1.29 is 13.2 Å². The van der Waals surface area contributed by atoms with Crippen molar-refractivity contribution >= 4 is 27.3 Å². The van der Waals surface area contributed by atoms with Gasteiger partial charge in [-0.2, -0.15) is 0 Å². The molecule has 0 spiro atoms. The Kier molecular flexibility index (Phi) is 4.76. The molecule has 1 amide bonds. The number of halogens is 1. The third kappa shape index (κ3) is 3.46. The summed E-state index contributed by atoms with van der Waals surface area (Å²) in [6.45, 7) is 4.92. The van der Waals surface area contributed by atoms with Crippen LogP contribution in [0.3, 0.4) is 0 Å². The van der Waals surface area contributed by atoms with Gasteiger partial charge < -0.3 is 5.32 Å². The zero-order valence-corrected chi connectivity index (χ0v) is 12.0. The van der Waals surface area contributed by atoms with Gasteiger partial charge in [-0.3, -0.25) is 4.79 Å². The highest BCUT2D eigenvalue weighted by Crippen LogP contribution is 2.20. The predicted octanol–water partition coefficient (Wildman–Crippen LogP) is 2.03. The van der Waals surface area contributed by atoms with Crippen LogP contribution in [0.2, 0.25) is 5.02 Å². The number of hydrogen-bond acceptors (Lipinski definition) is 3. The number of carbonyl (C=O) groups is 1. The summed E-state index contributed by atoms with van der Waals surface area (Å²) in [7, 11) is -3.70. The van der Waals surface area contributed by atoms with E-state index in [1.165, 1.54) is 19.1 Å². The molecule has 18 heavy (non-hydrogen) atoms. The summed E-state index contributed by atoms with van der Waals surface area (Å²) in [5.41, 5.74) is 0. The molecule has 0 saturated heterocycles. The van der Waals surface area contributed by atoms with Crippen molar-refractivity contribution in [2.75, 3.05) is 0 Å². The topological polar surface area (TPSA) is 63.2 Å². The number of benzene rings is 1. The average molecular weight is 290 g/mol. The van der Waals surface area contributed by atoms with Crippen LogP contribution >= 0.6 is 11.6 Å². The largest absolute Gasteiger partial charge is 0.353 e. The lowest BCUT2D eigenvalue weighted by molar-refractivity contribution is -0.120. The van der Waals surface area contributed by atoms with Crippen LogP contribution in [-0.2, 0) is 14.6 Å². The standard InChI is InChI=1S/C12H16ClNO3S/c1-8(2)14-12(15)9(3)18(16,17)11-6-4-5-10(13)7-11/h4-9H,1-3H3,(H,14,15)/t9-/m0/s1. The smallest absolute Gasteiger partial charge is 0.238 e. The minimum absolute atomic E-state index is 0.0569.